The first-order valence-corrected chi connectivity index (χ1v) is 25.6. The number of aromatic nitrogens is 3. The molecule has 72 heavy (non-hydrogen) atoms. The molecule has 0 spiro atoms. The number of rotatable bonds is 15. The third kappa shape index (κ3) is 9.21. The molecule has 9 rings (SSSR count). The van der Waals surface area contributed by atoms with E-state index < -0.39 is 25.5 Å². The first-order valence-electron chi connectivity index (χ1n) is 29.6. The van der Waals surface area contributed by atoms with Crippen LogP contribution in [0, 0.1) is 13.7 Å². The van der Waals surface area contributed by atoms with Crippen molar-refractivity contribution in [2.45, 2.75) is 131 Å². The molecule has 0 unspecified atom stereocenters. The Morgan fingerprint density at radius 2 is 1.21 bits per heavy atom. The van der Waals surface area contributed by atoms with Crippen molar-refractivity contribution in [2.24, 2.45) is 0 Å². The van der Waals surface area contributed by atoms with Gasteiger partial charge in [0.1, 0.15) is 11.6 Å². The van der Waals surface area contributed by atoms with Crippen molar-refractivity contribution in [2.75, 3.05) is 0 Å². The van der Waals surface area contributed by atoms with E-state index in [1.54, 1.807) is 58.2 Å². The maximum atomic E-state index is 12.6. The van der Waals surface area contributed by atoms with E-state index in [0.29, 0.717) is 33.5 Å². The number of para-hydroxylation sites is 1. The fraction of sp³-hybridized carbons (Fsp3) is 0.294. The van der Waals surface area contributed by atoms with Crippen molar-refractivity contribution in [1.82, 2.24) is 14.5 Å². The van der Waals surface area contributed by atoms with Gasteiger partial charge < -0.3 is 5.11 Å². The van der Waals surface area contributed by atoms with Crippen molar-refractivity contribution < 1.29 is 16.1 Å². The molecule has 4 heteroatoms. The molecule has 2 heterocycles. The highest BCUT2D eigenvalue weighted by molar-refractivity contribution is 5.98. The zero-order valence-corrected chi connectivity index (χ0v) is 43.6. The maximum Gasteiger partial charge on any atom is 0.149 e. The number of hydrogen-bond donors (Lipinski definition) is 1. The molecule has 7 aromatic carbocycles. The van der Waals surface area contributed by atoms with Crippen LogP contribution in [-0.4, -0.2) is 19.6 Å². The van der Waals surface area contributed by atoms with Crippen LogP contribution in [-0.2, 0) is 10.8 Å². The summed E-state index contributed by atoms with van der Waals surface area (Å²) in [6, 6.07) is 48.9. The number of phenolic OH excluding ortho intramolecular Hbond substituents is 1. The third-order valence-corrected chi connectivity index (χ3v) is 15.8. The second-order valence-corrected chi connectivity index (χ2v) is 20.5. The average molecular weight is 956 g/mol. The monoisotopic (exact) mass is 956 g/mol. The Kier molecular flexibility index (Phi) is 11.4. The van der Waals surface area contributed by atoms with Crippen LogP contribution in [0.4, 0.5) is 0 Å². The zero-order chi connectivity index (χ0) is 57.9. The minimum absolute atomic E-state index is 0.107. The van der Waals surface area contributed by atoms with Crippen LogP contribution < -0.4 is 0 Å². The van der Waals surface area contributed by atoms with Crippen molar-refractivity contribution in [3.8, 4) is 78.6 Å². The summed E-state index contributed by atoms with van der Waals surface area (Å²) in [7, 11) is 0. The quantitative estimate of drug-likeness (QED) is 0.111. The average Bonchev–Trinajstić information content (AvgIpc) is 3.88. The molecule has 1 N–H and O–H groups in total. The van der Waals surface area contributed by atoms with Gasteiger partial charge in [0.05, 0.1) is 28.0 Å². The number of fused-ring (bicyclic) bond motifs is 1. The number of nitrogens with zero attached hydrogens (tertiary/aromatic N) is 3. The standard InChI is InChI=1S/C68H73N3O/c1-13-67(11,14-2)58-25-21-26-59(68(12,15-3)16-4)63(58)50-32-33-61(46(10)36-50)71-62-27-20-24-55(64(62)70-66(71)57-41-51(43(5)6)40-56(44(7)8)65(57)72)53-37-52(47-22-18-17-19-23-47)38-54(39-53)60-42-49(34-35-69-60)48-30-28-45(9)29-31-48/h17-44,72H,13-16H2,1-12H3/i9D3,10D3,43D,44D. The minimum Gasteiger partial charge on any atom is -0.507 e. The number of aromatic hydroxyl groups is 1. The highest BCUT2D eigenvalue weighted by Crippen LogP contribution is 2.48. The Morgan fingerprint density at radius 1 is 0.569 bits per heavy atom. The van der Waals surface area contributed by atoms with Gasteiger partial charge in [-0.1, -0.05) is 172 Å². The molecule has 0 aliphatic carbocycles. The molecule has 0 saturated carbocycles. The number of hydrogen-bond acceptors (Lipinski definition) is 3. The topological polar surface area (TPSA) is 50.9 Å². The second kappa shape index (κ2) is 20.2. The Labute approximate surface area is 441 Å². The first-order chi connectivity index (χ1) is 37.6. The lowest BCUT2D eigenvalue weighted by molar-refractivity contribution is 0.426. The van der Waals surface area contributed by atoms with Gasteiger partial charge in [0.25, 0.3) is 0 Å². The molecular weight excluding hydrogens is 875 g/mol. The van der Waals surface area contributed by atoms with E-state index in [0.717, 1.165) is 75.8 Å². The van der Waals surface area contributed by atoms with Crippen molar-refractivity contribution in [1.29, 1.82) is 0 Å². The molecule has 0 atom stereocenters. The smallest absolute Gasteiger partial charge is 0.149 e. The molecule has 0 aliphatic heterocycles. The SMILES string of the molecule is [2H]C([2H])([2H])c1ccc(-c2ccnc(-c3cc(-c4ccccc4)cc(-c4cccc5c4nc(-c4cc(C([2H])(C)C)cc(C([2H])(C)C)c4O)n5-c4ccc(-c5c(C(C)(CC)CC)cccc5C(C)(CC)CC)cc4C([2H])([2H])[2H])c3)c2)cc1. The molecule has 0 radical (unpaired) electrons. The summed E-state index contributed by atoms with van der Waals surface area (Å²) < 4.78 is 72.3. The summed E-state index contributed by atoms with van der Waals surface area (Å²) in [4.78, 5) is 10.4. The van der Waals surface area contributed by atoms with Gasteiger partial charge in [-0.3, -0.25) is 9.55 Å². The van der Waals surface area contributed by atoms with Crippen LogP contribution >= 0.6 is 0 Å². The molecule has 0 aliphatic rings. The number of imidazole rings is 1. The largest absolute Gasteiger partial charge is 0.507 e. The summed E-state index contributed by atoms with van der Waals surface area (Å²) in [5.74, 6) is -2.37. The normalized spacial score (nSPS) is 14.4. The third-order valence-electron chi connectivity index (χ3n) is 15.8. The van der Waals surface area contributed by atoms with E-state index in [-0.39, 0.29) is 39.1 Å². The van der Waals surface area contributed by atoms with Gasteiger partial charge in [0.2, 0.25) is 0 Å². The predicted molar refractivity (Wildman–Crippen MR) is 307 cm³/mol. The van der Waals surface area contributed by atoms with Crippen molar-refractivity contribution >= 4 is 11.0 Å². The second-order valence-electron chi connectivity index (χ2n) is 20.5. The molecule has 366 valence electrons. The maximum absolute atomic E-state index is 12.6. The van der Waals surface area contributed by atoms with Gasteiger partial charge in [-0.05, 0) is 183 Å². The van der Waals surface area contributed by atoms with E-state index in [1.165, 1.54) is 11.1 Å². The molecule has 0 amide bonds. The lowest BCUT2D eigenvalue weighted by atomic mass is 9.68. The minimum atomic E-state index is -2.64. The molecule has 4 nitrogen and oxygen atoms in total. The van der Waals surface area contributed by atoms with Crippen molar-refractivity contribution in [3.63, 3.8) is 0 Å². The van der Waals surface area contributed by atoms with E-state index >= 15 is 0 Å². The number of phenols is 1. The number of aryl methyl sites for hydroxylation is 2. The Balaban J connectivity index is 1.36. The van der Waals surface area contributed by atoms with Crippen LogP contribution in [0.3, 0.4) is 0 Å². The van der Waals surface area contributed by atoms with Gasteiger partial charge in [0.15, 0.2) is 0 Å². The Morgan fingerprint density at radius 3 is 1.85 bits per heavy atom. The summed E-state index contributed by atoms with van der Waals surface area (Å²) in [6.07, 6.45) is 5.32. The molecular formula is C68H73N3O. The summed E-state index contributed by atoms with van der Waals surface area (Å²) in [6.45, 7) is 15.5. The van der Waals surface area contributed by atoms with Crippen LogP contribution in [0.5, 0.6) is 5.75 Å². The zero-order valence-electron chi connectivity index (χ0n) is 51.6. The van der Waals surface area contributed by atoms with Crippen LogP contribution in [0.2, 0.25) is 0 Å². The number of benzene rings is 7. The van der Waals surface area contributed by atoms with Crippen LogP contribution in [0.15, 0.2) is 158 Å². The molecule has 0 saturated heterocycles. The fourth-order valence-corrected chi connectivity index (χ4v) is 10.4. The van der Waals surface area contributed by atoms with E-state index in [4.69, 9.17) is 14.1 Å². The predicted octanol–water partition coefficient (Wildman–Crippen LogP) is 19.1. The summed E-state index contributed by atoms with van der Waals surface area (Å²) >= 11 is 0. The van der Waals surface area contributed by atoms with E-state index in [2.05, 4.69) is 90.1 Å². The summed E-state index contributed by atoms with van der Waals surface area (Å²) in [5.41, 5.74) is 13.5. The Hall–Kier alpha value is -7.04. The van der Waals surface area contributed by atoms with Crippen LogP contribution in [0.1, 0.15) is 151 Å². The van der Waals surface area contributed by atoms with Crippen LogP contribution in [0.25, 0.3) is 83.9 Å². The molecule has 9 aromatic rings. The van der Waals surface area contributed by atoms with E-state index in [9.17, 15) is 12.0 Å². The summed E-state index contributed by atoms with van der Waals surface area (Å²) in [5, 5.41) is 12.6. The van der Waals surface area contributed by atoms with Gasteiger partial charge in [-0.15, -0.1) is 0 Å². The van der Waals surface area contributed by atoms with E-state index in [1.807, 2.05) is 83.4 Å². The first kappa shape index (κ1) is 40.5. The lowest BCUT2D eigenvalue weighted by Gasteiger charge is -2.36. The molecule has 2 aromatic heterocycles. The fourth-order valence-electron chi connectivity index (χ4n) is 10.4. The lowest BCUT2D eigenvalue weighted by Crippen LogP contribution is -2.25. The molecule has 0 bridgehead atoms. The van der Waals surface area contributed by atoms with Gasteiger partial charge in [-0.25, -0.2) is 4.98 Å². The highest BCUT2D eigenvalue weighted by atomic mass is 16.3. The Bertz CT molecular complexity index is 3700. The van der Waals surface area contributed by atoms with Gasteiger partial charge in [0, 0.05) is 28.3 Å². The van der Waals surface area contributed by atoms with Crippen molar-refractivity contribution in [3.05, 3.63) is 191 Å². The molecule has 0 fully saturated rings. The van der Waals surface area contributed by atoms with Gasteiger partial charge >= 0.3 is 0 Å². The van der Waals surface area contributed by atoms with Gasteiger partial charge in [-0.2, -0.15) is 0 Å². The number of pyridine rings is 1. The highest BCUT2D eigenvalue weighted by Gasteiger charge is 2.33.